The van der Waals surface area contributed by atoms with Crippen LogP contribution in [0.5, 0.6) is 11.5 Å². The summed E-state index contributed by atoms with van der Waals surface area (Å²) in [7, 11) is 0. The predicted molar refractivity (Wildman–Crippen MR) is 106 cm³/mol. The zero-order valence-electron chi connectivity index (χ0n) is 16.7. The Labute approximate surface area is 172 Å². The maximum absolute atomic E-state index is 12.5. The lowest BCUT2D eigenvalue weighted by atomic mass is 10.1. The minimum absolute atomic E-state index is 0.0681. The number of aryl methyl sites for hydroxylation is 2. The Morgan fingerprint density at radius 2 is 2.03 bits per heavy atom. The SMILES string of the molecule is CCOc1ccc(-c2nc(CCC(=O)c3ncccc3C)co2)cc1OCC(F)F. The van der Waals surface area contributed by atoms with Crippen LogP contribution in [0, 0.1) is 6.92 Å². The molecule has 158 valence electrons. The molecule has 2 aromatic heterocycles. The number of carbonyl (C=O) groups excluding carboxylic acids is 1. The highest BCUT2D eigenvalue weighted by Gasteiger charge is 2.15. The van der Waals surface area contributed by atoms with Crippen molar-refractivity contribution >= 4 is 5.78 Å². The fourth-order valence-corrected chi connectivity index (χ4v) is 2.87. The van der Waals surface area contributed by atoms with Crippen LogP contribution in [0.25, 0.3) is 11.5 Å². The third-order valence-corrected chi connectivity index (χ3v) is 4.29. The number of nitrogens with zero attached hydrogens (tertiary/aromatic N) is 2. The zero-order valence-corrected chi connectivity index (χ0v) is 16.7. The molecule has 0 bridgehead atoms. The van der Waals surface area contributed by atoms with E-state index < -0.39 is 13.0 Å². The number of alkyl halides is 2. The zero-order chi connectivity index (χ0) is 21.5. The topological polar surface area (TPSA) is 74.5 Å². The van der Waals surface area contributed by atoms with Crippen molar-refractivity contribution in [2.24, 2.45) is 0 Å². The first-order valence-electron chi connectivity index (χ1n) is 9.55. The number of benzene rings is 1. The number of oxazole rings is 1. The van der Waals surface area contributed by atoms with Crippen LogP contribution in [-0.4, -0.2) is 35.4 Å². The van der Waals surface area contributed by atoms with Crippen molar-refractivity contribution in [1.82, 2.24) is 9.97 Å². The fourth-order valence-electron chi connectivity index (χ4n) is 2.87. The first kappa shape index (κ1) is 21.4. The molecular weight excluding hydrogens is 394 g/mol. The Morgan fingerprint density at radius 1 is 1.20 bits per heavy atom. The van der Waals surface area contributed by atoms with Gasteiger partial charge in [0.05, 0.1) is 12.3 Å². The molecule has 2 heterocycles. The van der Waals surface area contributed by atoms with E-state index in [9.17, 15) is 13.6 Å². The molecule has 0 saturated heterocycles. The molecular formula is C22H22F2N2O4. The van der Waals surface area contributed by atoms with Gasteiger partial charge in [-0.1, -0.05) is 6.07 Å². The molecule has 30 heavy (non-hydrogen) atoms. The molecule has 8 heteroatoms. The van der Waals surface area contributed by atoms with E-state index >= 15 is 0 Å². The van der Waals surface area contributed by atoms with Gasteiger partial charge in [-0.3, -0.25) is 9.78 Å². The maximum atomic E-state index is 12.5. The van der Waals surface area contributed by atoms with Gasteiger partial charge in [-0.15, -0.1) is 0 Å². The summed E-state index contributed by atoms with van der Waals surface area (Å²) < 4.78 is 41.2. The van der Waals surface area contributed by atoms with Crippen LogP contribution in [0.2, 0.25) is 0 Å². The van der Waals surface area contributed by atoms with Crippen molar-refractivity contribution in [3.05, 3.63) is 59.7 Å². The number of ether oxygens (including phenoxy) is 2. The lowest BCUT2D eigenvalue weighted by Gasteiger charge is -2.12. The smallest absolute Gasteiger partial charge is 0.272 e. The Balaban J connectivity index is 1.71. The molecule has 1 aromatic carbocycles. The number of aromatic nitrogens is 2. The van der Waals surface area contributed by atoms with E-state index in [1.807, 2.05) is 13.0 Å². The first-order valence-corrected chi connectivity index (χ1v) is 9.55. The van der Waals surface area contributed by atoms with Gasteiger partial charge in [0.2, 0.25) is 5.89 Å². The molecule has 0 aliphatic rings. The van der Waals surface area contributed by atoms with E-state index in [2.05, 4.69) is 9.97 Å². The van der Waals surface area contributed by atoms with Gasteiger partial charge in [0, 0.05) is 24.6 Å². The van der Waals surface area contributed by atoms with Gasteiger partial charge in [0.1, 0.15) is 18.6 Å². The van der Waals surface area contributed by atoms with Crippen molar-refractivity contribution < 1.29 is 27.5 Å². The average Bonchev–Trinajstić information content (AvgIpc) is 3.21. The van der Waals surface area contributed by atoms with Crippen LogP contribution >= 0.6 is 0 Å². The summed E-state index contributed by atoms with van der Waals surface area (Å²) in [5.74, 6) is 0.790. The second-order valence-corrected chi connectivity index (χ2v) is 6.53. The molecule has 0 aliphatic heterocycles. The number of hydrogen-bond acceptors (Lipinski definition) is 6. The minimum Gasteiger partial charge on any atom is -0.490 e. The average molecular weight is 416 g/mol. The Morgan fingerprint density at radius 3 is 2.77 bits per heavy atom. The molecule has 0 fully saturated rings. The summed E-state index contributed by atoms with van der Waals surface area (Å²) >= 11 is 0. The number of rotatable bonds is 10. The monoisotopic (exact) mass is 416 g/mol. The van der Waals surface area contributed by atoms with Crippen LogP contribution in [0.1, 0.15) is 35.1 Å². The summed E-state index contributed by atoms with van der Waals surface area (Å²) in [6.45, 7) is 3.26. The standard InChI is InChI=1S/C22H22F2N2O4/c1-3-28-18-9-6-15(11-19(18)29-13-20(23)24)22-26-16(12-30-22)7-8-17(27)21-14(2)5-4-10-25-21/h4-6,9-12,20H,3,7-8,13H2,1-2H3. The molecule has 0 unspecified atom stereocenters. The van der Waals surface area contributed by atoms with E-state index in [-0.39, 0.29) is 18.0 Å². The van der Waals surface area contributed by atoms with Crippen molar-refractivity contribution in [2.75, 3.05) is 13.2 Å². The van der Waals surface area contributed by atoms with Crippen molar-refractivity contribution in [3.63, 3.8) is 0 Å². The molecule has 0 amide bonds. The Bertz CT molecular complexity index is 1000. The maximum Gasteiger partial charge on any atom is 0.272 e. The highest BCUT2D eigenvalue weighted by Crippen LogP contribution is 2.33. The van der Waals surface area contributed by atoms with Gasteiger partial charge in [0.25, 0.3) is 6.43 Å². The summed E-state index contributed by atoms with van der Waals surface area (Å²) in [4.78, 5) is 20.9. The molecule has 3 rings (SSSR count). The van der Waals surface area contributed by atoms with Crippen LogP contribution in [0.15, 0.2) is 47.2 Å². The molecule has 0 N–H and O–H groups in total. The number of carbonyl (C=O) groups is 1. The summed E-state index contributed by atoms with van der Waals surface area (Å²) in [5, 5.41) is 0. The van der Waals surface area contributed by atoms with E-state index in [0.717, 1.165) is 5.56 Å². The van der Waals surface area contributed by atoms with Gasteiger partial charge in [-0.2, -0.15) is 0 Å². The van der Waals surface area contributed by atoms with Gasteiger partial charge < -0.3 is 13.9 Å². The Kier molecular flexibility index (Phi) is 7.11. The predicted octanol–water partition coefficient (Wildman–Crippen LogP) is 4.90. The third kappa shape index (κ3) is 5.40. The molecule has 0 radical (unpaired) electrons. The van der Waals surface area contributed by atoms with Crippen LogP contribution in [-0.2, 0) is 6.42 Å². The lowest BCUT2D eigenvalue weighted by molar-refractivity contribution is 0.0801. The van der Waals surface area contributed by atoms with Crippen molar-refractivity contribution in [1.29, 1.82) is 0 Å². The summed E-state index contributed by atoms with van der Waals surface area (Å²) in [6, 6.07) is 8.50. The van der Waals surface area contributed by atoms with Crippen LogP contribution in [0.3, 0.4) is 0 Å². The summed E-state index contributed by atoms with van der Waals surface area (Å²) in [6.07, 6.45) is 1.11. The van der Waals surface area contributed by atoms with Crippen LogP contribution < -0.4 is 9.47 Å². The largest absolute Gasteiger partial charge is 0.490 e. The van der Waals surface area contributed by atoms with E-state index in [0.29, 0.717) is 41.6 Å². The van der Waals surface area contributed by atoms with E-state index in [1.54, 1.807) is 37.4 Å². The fraction of sp³-hybridized carbons (Fsp3) is 0.318. The molecule has 0 spiro atoms. The molecule has 6 nitrogen and oxygen atoms in total. The molecule has 0 atom stereocenters. The number of Topliss-reactive ketones (excluding diaryl/α,β-unsaturated/α-hetero) is 1. The molecule has 0 saturated carbocycles. The number of hydrogen-bond donors (Lipinski definition) is 0. The first-order chi connectivity index (χ1) is 14.5. The second-order valence-electron chi connectivity index (χ2n) is 6.53. The minimum atomic E-state index is -2.60. The van der Waals surface area contributed by atoms with E-state index in [1.165, 1.54) is 6.26 Å². The number of ketones is 1. The lowest BCUT2D eigenvalue weighted by Crippen LogP contribution is -2.08. The highest BCUT2D eigenvalue weighted by molar-refractivity contribution is 5.95. The summed E-state index contributed by atoms with van der Waals surface area (Å²) in [5.41, 5.74) is 2.44. The molecule has 0 aliphatic carbocycles. The van der Waals surface area contributed by atoms with Crippen molar-refractivity contribution in [3.8, 4) is 23.0 Å². The highest BCUT2D eigenvalue weighted by atomic mass is 19.3. The van der Waals surface area contributed by atoms with E-state index in [4.69, 9.17) is 13.9 Å². The molecule has 3 aromatic rings. The third-order valence-electron chi connectivity index (χ3n) is 4.29. The number of pyridine rings is 1. The Hall–Kier alpha value is -3.29. The van der Waals surface area contributed by atoms with Gasteiger partial charge >= 0.3 is 0 Å². The van der Waals surface area contributed by atoms with Gasteiger partial charge in [0.15, 0.2) is 17.3 Å². The van der Waals surface area contributed by atoms with Crippen LogP contribution in [0.4, 0.5) is 8.78 Å². The van der Waals surface area contributed by atoms with Crippen molar-refractivity contribution in [2.45, 2.75) is 33.1 Å². The number of halogens is 2. The second kappa shape index (κ2) is 9.96. The van der Waals surface area contributed by atoms with Gasteiger partial charge in [-0.25, -0.2) is 13.8 Å². The normalized spacial score (nSPS) is 11.0. The van der Waals surface area contributed by atoms with Gasteiger partial charge in [-0.05, 0) is 43.7 Å². The quantitative estimate of drug-likeness (QED) is 0.438.